The van der Waals surface area contributed by atoms with E-state index in [2.05, 4.69) is 34.1 Å². The maximum atomic E-state index is 14.5. The summed E-state index contributed by atoms with van der Waals surface area (Å²) in [6, 6.07) is 20.6. The fourth-order valence-corrected chi connectivity index (χ4v) is 6.60. The number of carbonyl (C=O) groups is 2. The van der Waals surface area contributed by atoms with Crippen molar-refractivity contribution in [1.82, 2.24) is 9.88 Å². The molecule has 1 aliphatic heterocycles. The van der Waals surface area contributed by atoms with Gasteiger partial charge in [-0.1, -0.05) is 54.6 Å². The Kier molecular flexibility index (Phi) is 8.50. The second-order valence-corrected chi connectivity index (χ2v) is 12.7. The molecule has 1 aliphatic rings. The number of carboxylic acid groups (broad SMARTS) is 1. The molecule has 0 saturated carbocycles. The van der Waals surface area contributed by atoms with E-state index in [-0.39, 0.29) is 29.4 Å². The molecule has 220 valence electrons. The number of ether oxygens (including phenoxy) is 1. The summed E-state index contributed by atoms with van der Waals surface area (Å²) >= 11 is 1.29. The van der Waals surface area contributed by atoms with Crippen LogP contribution >= 0.6 is 11.3 Å². The largest absolute Gasteiger partial charge is 0.476 e. The molecule has 3 aromatic carbocycles. The molecule has 0 bridgehead atoms. The van der Waals surface area contributed by atoms with Crippen molar-refractivity contribution in [3.63, 3.8) is 0 Å². The molecule has 42 heavy (non-hydrogen) atoms. The highest BCUT2D eigenvalue weighted by Crippen LogP contribution is 2.39. The van der Waals surface area contributed by atoms with Crippen molar-refractivity contribution in [2.75, 3.05) is 24.5 Å². The molecule has 1 amide bonds. The molecule has 2 unspecified atom stereocenters. The second kappa shape index (κ2) is 12.1. The number of aromatic carboxylic acids is 1. The highest BCUT2D eigenvalue weighted by molar-refractivity contribution is 7.13. The molecule has 3 atom stereocenters. The lowest BCUT2D eigenvalue weighted by molar-refractivity contribution is 0.0121. The molecule has 4 aromatic rings. The number of nitrogens with zero attached hydrogens (tertiary/aromatic N) is 3. The number of hydrogen-bond acceptors (Lipinski definition) is 6. The van der Waals surface area contributed by atoms with Crippen LogP contribution in [0.3, 0.4) is 0 Å². The van der Waals surface area contributed by atoms with E-state index in [1.807, 2.05) is 56.9 Å². The summed E-state index contributed by atoms with van der Waals surface area (Å²) in [7, 11) is 0. The van der Waals surface area contributed by atoms with Gasteiger partial charge in [-0.15, -0.1) is 11.3 Å². The molecule has 1 fully saturated rings. The maximum absolute atomic E-state index is 14.5. The van der Waals surface area contributed by atoms with Crippen molar-refractivity contribution >= 4 is 39.3 Å². The zero-order valence-corrected chi connectivity index (χ0v) is 25.1. The summed E-state index contributed by atoms with van der Waals surface area (Å²) in [5.41, 5.74) is 1.20. The van der Waals surface area contributed by atoms with E-state index >= 15 is 0 Å². The van der Waals surface area contributed by atoms with Crippen molar-refractivity contribution in [3.05, 3.63) is 94.7 Å². The van der Waals surface area contributed by atoms with Gasteiger partial charge in [-0.2, -0.15) is 0 Å². The van der Waals surface area contributed by atoms with Crippen molar-refractivity contribution in [2.24, 2.45) is 5.92 Å². The zero-order chi connectivity index (χ0) is 30.0. The molecule has 9 heteroatoms. The van der Waals surface area contributed by atoms with Gasteiger partial charge in [0, 0.05) is 30.9 Å². The number of carbonyl (C=O) groups excluding carboxylic acids is 1. The summed E-state index contributed by atoms with van der Waals surface area (Å²) < 4.78 is 20.4. The smallest absolute Gasteiger partial charge is 0.410 e. The van der Waals surface area contributed by atoms with Crippen LogP contribution in [-0.4, -0.2) is 52.3 Å². The molecule has 0 aliphatic carbocycles. The van der Waals surface area contributed by atoms with Gasteiger partial charge >= 0.3 is 12.1 Å². The summed E-state index contributed by atoms with van der Waals surface area (Å²) in [5, 5.41) is 13.7. The van der Waals surface area contributed by atoms with Crippen molar-refractivity contribution in [1.29, 1.82) is 0 Å². The van der Waals surface area contributed by atoms with Crippen LogP contribution in [-0.2, 0) is 4.74 Å². The number of benzene rings is 3. The number of anilines is 1. The predicted molar refractivity (Wildman–Crippen MR) is 164 cm³/mol. The lowest BCUT2D eigenvalue weighted by Gasteiger charge is -2.42. The maximum Gasteiger partial charge on any atom is 0.410 e. The highest BCUT2D eigenvalue weighted by Gasteiger charge is 2.37. The van der Waals surface area contributed by atoms with E-state index in [1.54, 1.807) is 12.1 Å². The molecular formula is C33H36FN3O4S. The zero-order valence-electron chi connectivity index (χ0n) is 24.3. The molecule has 1 aromatic heterocycles. The summed E-state index contributed by atoms with van der Waals surface area (Å²) in [5.74, 6) is -1.52. The van der Waals surface area contributed by atoms with E-state index in [4.69, 9.17) is 4.74 Å². The van der Waals surface area contributed by atoms with Crippen LogP contribution < -0.4 is 4.90 Å². The van der Waals surface area contributed by atoms with Crippen molar-refractivity contribution in [3.8, 4) is 0 Å². The molecule has 0 radical (unpaired) electrons. The first-order valence-electron chi connectivity index (χ1n) is 14.2. The monoisotopic (exact) mass is 589 g/mol. The third-order valence-corrected chi connectivity index (χ3v) is 8.72. The SMILES string of the molecule is C[C@H](c1cccc2ccccc12)N(CC1CCN(c2nc(C(=O)O)cs2)CC1c1cccc(F)c1)C(=O)OC(C)(C)C. The van der Waals surface area contributed by atoms with Crippen LogP contribution in [0.15, 0.2) is 72.1 Å². The summed E-state index contributed by atoms with van der Waals surface area (Å²) in [6.07, 6.45) is 0.305. The minimum atomic E-state index is -1.07. The first-order valence-corrected chi connectivity index (χ1v) is 15.0. The quantitative estimate of drug-likeness (QED) is 0.237. The molecular weight excluding hydrogens is 553 g/mol. The minimum Gasteiger partial charge on any atom is -0.476 e. The Morgan fingerprint density at radius 3 is 2.60 bits per heavy atom. The van der Waals surface area contributed by atoms with E-state index in [9.17, 15) is 19.1 Å². The molecule has 0 spiro atoms. The second-order valence-electron chi connectivity index (χ2n) is 11.9. The van der Waals surface area contributed by atoms with Gasteiger partial charge in [0.1, 0.15) is 11.4 Å². The van der Waals surface area contributed by atoms with Crippen molar-refractivity contribution in [2.45, 2.75) is 51.7 Å². The Hall–Kier alpha value is -3.98. The summed E-state index contributed by atoms with van der Waals surface area (Å²) in [4.78, 5) is 33.4. The minimum absolute atomic E-state index is 0.00750. The molecule has 5 rings (SSSR count). The number of halogens is 1. The Morgan fingerprint density at radius 1 is 1.14 bits per heavy atom. The van der Waals surface area contributed by atoms with Gasteiger partial charge in [0.05, 0.1) is 6.04 Å². The summed E-state index contributed by atoms with van der Waals surface area (Å²) in [6.45, 7) is 9.17. The van der Waals surface area contributed by atoms with Crippen LogP contribution in [0.1, 0.15) is 67.7 Å². The number of piperidine rings is 1. The van der Waals surface area contributed by atoms with E-state index in [1.165, 1.54) is 22.8 Å². The van der Waals surface area contributed by atoms with Gasteiger partial charge in [0.2, 0.25) is 0 Å². The Balaban J connectivity index is 1.49. The number of thiazole rings is 1. The van der Waals surface area contributed by atoms with Crippen LogP contribution in [0.4, 0.5) is 14.3 Å². The number of hydrogen-bond donors (Lipinski definition) is 1. The topological polar surface area (TPSA) is 83.0 Å². The van der Waals surface area contributed by atoms with Gasteiger partial charge < -0.3 is 19.6 Å². The van der Waals surface area contributed by atoms with Crippen molar-refractivity contribution < 1.29 is 23.8 Å². The van der Waals surface area contributed by atoms with Crippen LogP contribution in [0, 0.1) is 11.7 Å². The molecule has 1 saturated heterocycles. The van der Waals surface area contributed by atoms with Gasteiger partial charge in [-0.25, -0.2) is 19.0 Å². The lowest BCUT2D eigenvalue weighted by Crippen LogP contribution is -2.47. The normalized spacial score (nSPS) is 18.1. The van der Waals surface area contributed by atoms with Gasteiger partial charge in [-0.05, 0) is 74.1 Å². The average molecular weight is 590 g/mol. The van der Waals surface area contributed by atoms with Crippen LogP contribution in [0.2, 0.25) is 0 Å². The lowest BCUT2D eigenvalue weighted by atomic mass is 9.80. The number of amides is 1. The first kappa shape index (κ1) is 29.5. The first-order chi connectivity index (χ1) is 20.0. The number of aromatic nitrogens is 1. The van der Waals surface area contributed by atoms with E-state index in [0.29, 0.717) is 31.2 Å². The standard InChI is InChI=1S/C33H36FN3O4S/c1-21(26-14-8-10-22-9-5-6-13-27(22)26)37(32(40)41-33(2,3)4)18-24-15-16-36(31-35-29(20-42-31)30(38)39)19-28(24)23-11-7-12-25(34)17-23/h5-14,17,20-21,24,28H,15-16,18-19H2,1-4H3,(H,38,39)/t21-,24?,28?/m1/s1. The van der Waals surface area contributed by atoms with E-state index in [0.717, 1.165) is 21.9 Å². The number of carboxylic acids is 1. The molecule has 2 heterocycles. The fourth-order valence-electron chi connectivity index (χ4n) is 5.76. The van der Waals surface area contributed by atoms with E-state index < -0.39 is 17.7 Å². The molecule has 7 nitrogen and oxygen atoms in total. The highest BCUT2D eigenvalue weighted by atomic mass is 32.1. The average Bonchev–Trinajstić information content (AvgIpc) is 3.45. The number of fused-ring (bicyclic) bond motifs is 1. The Labute approximate surface area is 249 Å². The van der Waals surface area contributed by atoms with Crippen LogP contribution in [0.5, 0.6) is 0 Å². The van der Waals surface area contributed by atoms with Gasteiger partial charge in [0.15, 0.2) is 10.8 Å². The Bertz CT molecular complexity index is 1580. The van der Waals surface area contributed by atoms with Gasteiger partial charge in [-0.3, -0.25) is 0 Å². The number of rotatable bonds is 7. The third-order valence-electron chi connectivity index (χ3n) is 7.81. The van der Waals surface area contributed by atoms with Gasteiger partial charge in [0.25, 0.3) is 0 Å². The molecule has 1 N–H and O–H groups in total. The fraction of sp³-hybridized carbons (Fsp3) is 0.364. The third kappa shape index (κ3) is 6.57. The Morgan fingerprint density at radius 2 is 1.88 bits per heavy atom. The predicted octanol–water partition coefficient (Wildman–Crippen LogP) is 7.74. The van der Waals surface area contributed by atoms with Crippen LogP contribution in [0.25, 0.3) is 10.8 Å².